The summed E-state index contributed by atoms with van der Waals surface area (Å²) in [5, 5.41) is 9.25. The highest BCUT2D eigenvalue weighted by atomic mass is 16.4. The van der Waals surface area contributed by atoms with Crippen LogP contribution in [-0.2, 0) is 4.79 Å². The molecule has 0 heterocycles. The summed E-state index contributed by atoms with van der Waals surface area (Å²) >= 11 is 0. The number of aryl methyl sites for hydroxylation is 1. The van der Waals surface area contributed by atoms with Crippen molar-refractivity contribution >= 4 is 5.97 Å². The fourth-order valence-corrected chi connectivity index (χ4v) is 2.13. The lowest BCUT2D eigenvalue weighted by atomic mass is 9.89. The number of carboxylic acid groups (broad SMARTS) is 1. The van der Waals surface area contributed by atoms with Gasteiger partial charge in [0.15, 0.2) is 0 Å². The summed E-state index contributed by atoms with van der Waals surface area (Å²) in [5.74, 6) is -0.598. The summed E-state index contributed by atoms with van der Waals surface area (Å²) < 4.78 is 0. The zero-order chi connectivity index (χ0) is 11.0. The van der Waals surface area contributed by atoms with Crippen LogP contribution < -0.4 is 0 Å². The monoisotopic (exact) mass is 204 g/mol. The molecular weight excluding hydrogens is 188 g/mol. The van der Waals surface area contributed by atoms with Crippen molar-refractivity contribution in [1.82, 2.24) is 0 Å². The third-order valence-corrected chi connectivity index (χ3v) is 3.34. The van der Waals surface area contributed by atoms with Crippen LogP contribution in [0.3, 0.4) is 0 Å². The predicted molar refractivity (Wildman–Crippen MR) is 59.0 cm³/mol. The average Bonchev–Trinajstić information content (AvgIpc) is 2.96. The molecule has 0 saturated heterocycles. The quantitative estimate of drug-likeness (QED) is 0.822. The van der Waals surface area contributed by atoms with Crippen LogP contribution in [0.15, 0.2) is 18.2 Å². The summed E-state index contributed by atoms with van der Waals surface area (Å²) in [4.78, 5) is 11.2. The second-order valence-corrected chi connectivity index (χ2v) is 4.44. The van der Waals surface area contributed by atoms with Gasteiger partial charge < -0.3 is 5.11 Å². The van der Waals surface area contributed by atoms with Crippen molar-refractivity contribution in [2.24, 2.45) is 5.92 Å². The Morgan fingerprint density at radius 1 is 1.40 bits per heavy atom. The van der Waals surface area contributed by atoms with Crippen molar-refractivity contribution < 1.29 is 9.90 Å². The first-order valence-corrected chi connectivity index (χ1v) is 5.40. The number of hydrogen-bond donors (Lipinski definition) is 1. The fraction of sp³-hybridized carbons (Fsp3) is 0.462. The van der Waals surface area contributed by atoms with E-state index >= 15 is 0 Å². The molecule has 1 atom stereocenters. The molecule has 1 N–H and O–H groups in total. The number of aliphatic carboxylic acids is 1. The van der Waals surface area contributed by atoms with E-state index in [0.29, 0.717) is 5.92 Å². The molecule has 1 aliphatic carbocycles. The van der Waals surface area contributed by atoms with E-state index in [0.717, 1.165) is 24.0 Å². The molecule has 15 heavy (non-hydrogen) atoms. The van der Waals surface area contributed by atoms with Gasteiger partial charge in [-0.3, -0.25) is 4.79 Å². The Kier molecular flexibility index (Phi) is 2.51. The van der Waals surface area contributed by atoms with E-state index in [1.807, 2.05) is 32.0 Å². The molecule has 1 fully saturated rings. The number of carbonyl (C=O) groups is 1. The number of hydrogen-bond acceptors (Lipinski definition) is 1. The molecular formula is C13H16O2. The van der Waals surface area contributed by atoms with Gasteiger partial charge in [-0.15, -0.1) is 0 Å². The first-order valence-electron chi connectivity index (χ1n) is 5.40. The van der Waals surface area contributed by atoms with Gasteiger partial charge in [-0.25, -0.2) is 0 Å². The molecule has 0 amide bonds. The molecule has 0 spiro atoms. The van der Waals surface area contributed by atoms with E-state index in [-0.39, 0.29) is 5.92 Å². The number of carboxylic acids is 1. The van der Waals surface area contributed by atoms with E-state index in [1.165, 1.54) is 5.56 Å². The second-order valence-electron chi connectivity index (χ2n) is 4.44. The van der Waals surface area contributed by atoms with Crippen molar-refractivity contribution in [3.05, 3.63) is 34.9 Å². The summed E-state index contributed by atoms with van der Waals surface area (Å²) in [6.45, 7) is 4.05. The first kappa shape index (κ1) is 10.2. The molecule has 80 valence electrons. The molecule has 2 heteroatoms. The second kappa shape index (κ2) is 3.69. The van der Waals surface area contributed by atoms with E-state index in [4.69, 9.17) is 0 Å². The molecule has 0 aromatic heterocycles. The maximum absolute atomic E-state index is 11.2. The molecule has 2 rings (SSSR count). The van der Waals surface area contributed by atoms with Crippen molar-refractivity contribution in [2.75, 3.05) is 0 Å². The van der Waals surface area contributed by atoms with Crippen LogP contribution in [0.5, 0.6) is 0 Å². The van der Waals surface area contributed by atoms with Gasteiger partial charge in [0.05, 0.1) is 5.92 Å². The van der Waals surface area contributed by atoms with Crippen LogP contribution in [0, 0.1) is 19.8 Å². The van der Waals surface area contributed by atoms with Gasteiger partial charge in [0.25, 0.3) is 0 Å². The van der Waals surface area contributed by atoms with Gasteiger partial charge >= 0.3 is 5.97 Å². The van der Waals surface area contributed by atoms with Crippen molar-refractivity contribution in [2.45, 2.75) is 32.6 Å². The van der Waals surface area contributed by atoms with E-state index in [1.54, 1.807) is 0 Å². The van der Waals surface area contributed by atoms with Crippen molar-refractivity contribution in [1.29, 1.82) is 0 Å². The molecule has 2 nitrogen and oxygen atoms in total. The lowest BCUT2D eigenvalue weighted by molar-refractivity contribution is -0.139. The van der Waals surface area contributed by atoms with Gasteiger partial charge in [-0.1, -0.05) is 18.2 Å². The Hall–Kier alpha value is -1.31. The predicted octanol–water partition coefficient (Wildman–Crippen LogP) is 2.88. The highest BCUT2D eigenvalue weighted by Crippen LogP contribution is 2.43. The molecule has 1 aromatic rings. The minimum Gasteiger partial charge on any atom is -0.481 e. The van der Waals surface area contributed by atoms with Crippen molar-refractivity contribution in [3.63, 3.8) is 0 Å². The molecule has 0 radical (unpaired) electrons. The lowest BCUT2D eigenvalue weighted by Crippen LogP contribution is -2.15. The normalized spacial score (nSPS) is 17.5. The maximum atomic E-state index is 11.2. The fourth-order valence-electron chi connectivity index (χ4n) is 2.13. The summed E-state index contributed by atoms with van der Waals surface area (Å²) in [6.07, 6.45) is 2.12. The average molecular weight is 204 g/mol. The van der Waals surface area contributed by atoms with Crippen LogP contribution in [0.25, 0.3) is 0 Å². The van der Waals surface area contributed by atoms with Gasteiger partial charge in [-0.2, -0.15) is 0 Å². The third kappa shape index (κ3) is 1.89. The lowest BCUT2D eigenvalue weighted by Gasteiger charge is -2.15. The molecule has 1 aromatic carbocycles. The summed E-state index contributed by atoms with van der Waals surface area (Å²) in [7, 11) is 0. The Bertz CT molecular complexity index is 392. The van der Waals surface area contributed by atoms with Crippen LogP contribution in [0.1, 0.15) is 35.4 Å². The third-order valence-electron chi connectivity index (χ3n) is 3.34. The Morgan fingerprint density at radius 2 is 2.07 bits per heavy atom. The Labute approximate surface area is 89.9 Å². The first-order chi connectivity index (χ1) is 7.11. The van der Waals surface area contributed by atoms with Gasteiger partial charge in [-0.05, 0) is 49.3 Å². The number of benzene rings is 1. The smallest absolute Gasteiger partial charge is 0.311 e. The molecule has 1 saturated carbocycles. The molecule has 0 aliphatic heterocycles. The van der Waals surface area contributed by atoms with Crippen LogP contribution in [-0.4, -0.2) is 11.1 Å². The molecule has 0 bridgehead atoms. The van der Waals surface area contributed by atoms with Crippen LogP contribution in [0.2, 0.25) is 0 Å². The van der Waals surface area contributed by atoms with Crippen LogP contribution >= 0.6 is 0 Å². The molecule has 1 aliphatic rings. The van der Waals surface area contributed by atoms with Crippen LogP contribution in [0.4, 0.5) is 0 Å². The highest BCUT2D eigenvalue weighted by Gasteiger charge is 2.38. The minimum atomic E-state index is -0.675. The summed E-state index contributed by atoms with van der Waals surface area (Å²) in [5.41, 5.74) is 3.32. The molecule has 1 unspecified atom stereocenters. The zero-order valence-electron chi connectivity index (χ0n) is 9.16. The summed E-state index contributed by atoms with van der Waals surface area (Å²) in [6, 6.07) is 5.94. The largest absolute Gasteiger partial charge is 0.481 e. The van der Waals surface area contributed by atoms with Gasteiger partial charge in [0.2, 0.25) is 0 Å². The van der Waals surface area contributed by atoms with Gasteiger partial charge in [0, 0.05) is 0 Å². The number of rotatable bonds is 3. The minimum absolute atomic E-state index is 0.287. The van der Waals surface area contributed by atoms with E-state index in [9.17, 15) is 9.90 Å². The maximum Gasteiger partial charge on any atom is 0.311 e. The SMILES string of the molecule is Cc1cccc(C(C(=O)O)C2CC2)c1C. The van der Waals surface area contributed by atoms with E-state index < -0.39 is 5.97 Å². The highest BCUT2D eigenvalue weighted by molar-refractivity contribution is 5.77. The Morgan fingerprint density at radius 3 is 2.60 bits per heavy atom. The van der Waals surface area contributed by atoms with E-state index in [2.05, 4.69) is 0 Å². The van der Waals surface area contributed by atoms with Crippen molar-refractivity contribution in [3.8, 4) is 0 Å². The standard InChI is InChI=1S/C13H16O2/c1-8-4-3-5-11(9(8)2)12(13(14)15)10-6-7-10/h3-5,10,12H,6-7H2,1-2H3,(H,14,15). The Balaban J connectivity index is 2.41. The zero-order valence-corrected chi connectivity index (χ0v) is 9.16. The topological polar surface area (TPSA) is 37.3 Å². The van der Waals surface area contributed by atoms with Gasteiger partial charge in [0.1, 0.15) is 0 Å².